The minimum atomic E-state index is -1.92. The van der Waals surface area contributed by atoms with Crippen molar-refractivity contribution in [1.29, 1.82) is 0 Å². The van der Waals surface area contributed by atoms with E-state index in [1.54, 1.807) is 0 Å². The van der Waals surface area contributed by atoms with Gasteiger partial charge in [0.15, 0.2) is 24.6 Å². The van der Waals surface area contributed by atoms with Crippen LogP contribution in [0.4, 0.5) is 0 Å². The van der Waals surface area contributed by atoms with E-state index in [1.807, 2.05) is 0 Å². The highest BCUT2D eigenvalue weighted by Crippen LogP contribution is 2.26. The lowest BCUT2D eigenvalue weighted by Gasteiger charge is -2.40. The number of carboxylic acid groups (broad SMARTS) is 1. The number of esters is 3. The number of aliphatic hydroxyl groups is 2. The van der Waals surface area contributed by atoms with Gasteiger partial charge in [-0.05, 0) is 128 Å². The smallest absolute Gasteiger partial charge is 0.335 e. The molecule has 1 heterocycles. The molecule has 0 aromatic heterocycles. The van der Waals surface area contributed by atoms with Gasteiger partial charge >= 0.3 is 23.9 Å². The summed E-state index contributed by atoms with van der Waals surface area (Å²) in [6, 6.07) is 0. The Balaban J connectivity index is 2.72. The van der Waals surface area contributed by atoms with E-state index < -0.39 is 67.3 Å². The first kappa shape index (κ1) is 74.1. The van der Waals surface area contributed by atoms with E-state index in [2.05, 4.69) is 142 Å². The summed E-state index contributed by atoms with van der Waals surface area (Å²) in [6.45, 7) is 5.71. The van der Waals surface area contributed by atoms with E-state index in [9.17, 15) is 34.5 Å². The maximum Gasteiger partial charge on any atom is 0.335 e. The summed E-state index contributed by atoms with van der Waals surface area (Å²) in [5, 5.41) is 31.5. The summed E-state index contributed by atoms with van der Waals surface area (Å²) in [5.41, 5.74) is 0. The van der Waals surface area contributed by atoms with Gasteiger partial charge < -0.3 is 39.0 Å². The van der Waals surface area contributed by atoms with Gasteiger partial charge in [-0.1, -0.05) is 213 Å². The Morgan fingerprint density at radius 3 is 1.21 bits per heavy atom. The molecule has 0 spiro atoms. The minimum Gasteiger partial charge on any atom is -0.479 e. The van der Waals surface area contributed by atoms with Gasteiger partial charge in [-0.15, -0.1) is 0 Å². The molecule has 1 saturated heterocycles. The zero-order valence-corrected chi connectivity index (χ0v) is 50.5. The van der Waals surface area contributed by atoms with Crippen molar-refractivity contribution in [3.05, 3.63) is 122 Å². The first-order valence-electron chi connectivity index (χ1n) is 31.5. The van der Waals surface area contributed by atoms with Crippen molar-refractivity contribution >= 4 is 23.9 Å². The number of carboxylic acids is 1. The second-order valence-electron chi connectivity index (χ2n) is 20.9. The third-order valence-electron chi connectivity index (χ3n) is 13.5. The molecule has 6 unspecified atom stereocenters. The molecule has 81 heavy (non-hydrogen) atoms. The summed E-state index contributed by atoms with van der Waals surface area (Å²) in [4.78, 5) is 51.3. The third kappa shape index (κ3) is 45.3. The Kier molecular flexibility index (Phi) is 50.9. The molecule has 0 radical (unpaired) electrons. The fourth-order valence-corrected chi connectivity index (χ4v) is 8.73. The van der Waals surface area contributed by atoms with Gasteiger partial charge in [-0.25, -0.2) is 4.79 Å². The van der Waals surface area contributed by atoms with E-state index in [4.69, 9.17) is 23.7 Å². The largest absolute Gasteiger partial charge is 0.479 e. The van der Waals surface area contributed by atoms with Gasteiger partial charge in [0.1, 0.15) is 18.8 Å². The molecule has 0 bridgehead atoms. The molecular formula is C69H110O12. The Morgan fingerprint density at radius 1 is 0.420 bits per heavy atom. The molecule has 6 atom stereocenters. The molecule has 0 aromatic rings. The number of hydrogen-bond donors (Lipinski definition) is 3. The number of aliphatic carboxylic acids is 1. The molecule has 1 aliphatic heterocycles. The second kappa shape index (κ2) is 55.6. The topological polar surface area (TPSA) is 175 Å². The van der Waals surface area contributed by atoms with Crippen molar-refractivity contribution in [2.45, 2.75) is 276 Å². The number of allylic oxidation sites excluding steroid dienone is 20. The van der Waals surface area contributed by atoms with Gasteiger partial charge in [0.25, 0.3) is 0 Å². The number of carbonyl (C=O) groups is 4. The van der Waals surface area contributed by atoms with Gasteiger partial charge in [0.05, 0.1) is 6.61 Å². The van der Waals surface area contributed by atoms with Crippen LogP contribution in [0.2, 0.25) is 0 Å². The normalized spacial score (nSPS) is 18.6. The monoisotopic (exact) mass is 1130 g/mol. The van der Waals surface area contributed by atoms with Crippen molar-refractivity contribution in [2.75, 3.05) is 13.2 Å². The molecule has 0 amide bonds. The summed E-state index contributed by atoms with van der Waals surface area (Å²) in [5.74, 6) is -3.20. The van der Waals surface area contributed by atoms with Crippen molar-refractivity contribution < 1.29 is 58.2 Å². The standard InChI is InChI=1S/C69H110O12/c1-4-7-10-13-16-19-22-25-27-29-31-33-35-38-40-43-46-49-52-55-61(70)77-58-60(79-62(71)56-53-50-47-44-42-39-36-34-32-30-28-26-23-20-17-14-11-8-5-2)59-78-69-67(65(74)64(73)66(81-69)68(75)76)80-63(72)57-54-51-48-45-41-37-24-21-18-15-12-9-6-3/h7-8,10-11,16-17,19-21,24-28,31-34,38,40,60,64-67,69,73-74H,4-6,9,12-15,18,22-23,29-30,35-37,39,41-59H2,1-3H3,(H,75,76)/b10-7-,11-8-,19-16-,20-17-,24-21-,27-25-,28-26-,33-31-,34-32-,40-38-. The maximum atomic E-state index is 13.2. The van der Waals surface area contributed by atoms with Crippen LogP contribution >= 0.6 is 0 Å². The Morgan fingerprint density at radius 2 is 0.778 bits per heavy atom. The van der Waals surface area contributed by atoms with Crippen LogP contribution in [0.1, 0.15) is 239 Å². The number of unbranched alkanes of at least 4 members (excludes halogenated alkanes) is 18. The minimum absolute atomic E-state index is 0.0393. The number of hydrogen-bond acceptors (Lipinski definition) is 11. The van der Waals surface area contributed by atoms with Crippen LogP contribution < -0.4 is 0 Å². The summed E-state index contributed by atoms with van der Waals surface area (Å²) in [7, 11) is 0. The van der Waals surface area contributed by atoms with Crippen LogP contribution in [0.5, 0.6) is 0 Å². The molecule has 12 nitrogen and oxygen atoms in total. The maximum absolute atomic E-state index is 13.2. The Labute approximate surface area is 490 Å². The summed E-state index contributed by atoms with van der Waals surface area (Å²) < 4.78 is 28.4. The van der Waals surface area contributed by atoms with E-state index >= 15 is 0 Å². The fourth-order valence-electron chi connectivity index (χ4n) is 8.73. The lowest BCUT2D eigenvalue weighted by molar-refractivity contribution is -0.301. The Hall–Kier alpha value is -4.88. The summed E-state index contributed by atoms with van der Waals surface area (Å²) in [6.07, 6.45) is 64.4. The zero-order chi connectivity index (χ0) is 58.9. The van der Waals surface area contributed by atoms with Crippen LogP contribution in [0.25, 0.3) is 0 Å². The van der Waals surface area contributed by atoms with E-state index in [0.29, 0.717) is 19.3 Å². The number of carbonyl (C=O) groups excluding carboxylic acids is 3. The van der Waals surface area contributed by atoms with Gasteiger partial charge in [0.2, 0.25) is 0 Å². The van der Waals surface area contributed by atoms with Crippen molar-refractivity contribution in [3.63, 3.8) is 0 Å². The average molecular weight is 1130 g/mol. The van der Waals surface area contributed by atoms with E-state index in [1.165, 1.54) is 25.7 Å². The molecule has 1 fully saturated rings. The first-order valence-corrected chi connectivity index (χ1v) is 31.5. The van der Waals surface area contributed by atoms with Gasteiger partial charge in [-0.3, -0.25) is 14.4 Å². The SMILES string of the molecule is CC/C=C\C/C=C\C/C=C\C/C=C\C/C=C\CCCCCC(=O)OCC(COC1OC(C(=O)O)C(O)C(O)C1OC(=O)CCCCCCC/C=C\CCCCCC)OC(=O)CCCCCCCC/C=C\C/C=C\C/C=C\C/C=C\CC. The molecule has 1 aliphatic rings. The van der Waals surface area contributed by atoms with E-state index in [0.717, 1.165) is 154 Å². The zero-order valence-electron chi connectivity index (χ0n) is 50.5. The van der Waals surface area contributed by atoms with Crippen LogP contribution in [-0.2, 0) is 42.9 Å². The third-order valence-corrected chi connectivity index (χ3v) is 13.5. The van der Waals surface area contributed by atoms with Crippen LogP contribution in [0.3, 0.4) is 0 Å². The van der Waals surface area contributed by atoms with Gasteiger partial charge in [-0.2, -0.15) is 0 Å². The highest BCUT2D eigenvalue weighted by molar-refractivity contribution is 5.74. The molecule has 0 aliphatic carbocycles. The van der Waals surface area contributed by atoms with Crippen LogP contribution in [0, 0.1) is 0 Å². The molecule has 0 saturated carbocycles. The average Bonchev–Trinajstić information content (AvgIpc) is 3.46. The van der Waals surface area contributed by atoms with Crippen molar-refractivity contribution in [1.82, 2.24) is 0 Å². The molecule has 3 N–H and O–H groups in total. The number of rotatable bonds is 52. The molecule has 458 valence electrons. The van der Waals surface area contributed by atoms with Gasteiger partial charge in [0, 0.05) is 19.3 Å². The molecule has 12 heteroatoms. The predicted octanol–water partition coefficient (Wildman–Crippen LogP) is 16.8. The summed E-state index contributed by atoms with van der Waals surface area (Å²) >= 11 is 0. The van der Waals surface area contributed by atoms with Crippen LogP contribution in [0.15, 0.2) is 122 Å². The van der Waals surface area contributed by atoms with Crippen molar-refractivity contribution in [2.24, 2.45) is 0 Å². The lowest BCUT2D eigenvalue weighted by atomic mass is 9.98. The number of aliphatic hydroxyl groups excluding tert-OH is 2. The fraction of sp³-hybridized carbons (Fsp3) is 0.652. The predicted molar refractivity (Wildman–Crippen MR) is 330 cm³/mol. The second-order valence-corrected chi connectivity index (χ2v) is 20.9. The van der Waals surface area contributed by atoms with Crippen LogP contribution in [-0.4, -0.2) is 89.2 Å². The quantitative estimate of drug-likeness (QED) is 0.0228. The Bertz CT molecular complexity index is 1870. The lowest BCUT2D eigenvalue weighted by Crippen LogP contribution is -2.61. The first-order chi connectivity index (χ1) is 39.6. The van der Waals surface area contributed by atoms with Crippen molar-refractivity contribution in [3.8, 4) is 0 Å². The molecule has 0 aromatic carbocycles. The molecular weight excluding hydrogens is 1020 g/mol. The van der Waals surface area contributed by atoms with E-state index in [-0.39, 0.29) is 25.9 Å². The highest BCUT2D eigenvalue weighted by Gasteiger charge is 2.50. The molecule has 1 rings (SSSR count). The highest BCUT2D eigenvalue weighted by atomic mass is 16.7. The number of ether oxygens (including phenoxy) is 5.